The third-order valence-electron chi connectivity index (χ3n) is 3.51. The molecule has 1 aliphatic heterocycles. The lowest BCUT2D eigenvalue weighted by atomic mass is 10.0. The highest BCUT2D eigenvalue weighted by Crippen LogP contribution is 2.31. The van der Waals surface area contributed by atoms with E-state index in [0.29, 0.717) is 6.61 Å². The molecule has 0 aromatic heterocycles. The largest absolute Gasteiger partial charge is 0.482 e. The molecule has 3 rings (SSSR count). The van der Waals surface area contributed by atoms with Crippen molar-refractivity contribution in [1.82, 2.24) is 5.32 Å². The molecule has 1 N–H and O–H groups in total. The monoisotopic (exact) mass is 344 g/mol. The van der Waals surface area contributed by atoms with Crippen LogP contribution in [0, 0.1) is 0 Å². The molecular formula is C17H18BrNO2. The van der Waals surface area contributed by atoms with Gasteiger partial charge in [-0.15, -0.1) is 0 Å². The first-order valence-electron chi connectivity index (χ1n) is 7.13. The van der Waals surface area contributed by atoms with Gasteiger partial charge in [0.25, 0.3) is 0 Å². The molecule has 0 amide bonds. The molecule has 2 atom stereocenters. The fraction of sp³-hybridized carbons (Fsp3) is 0.294. The van der Waals surface area contributed by atoms with Gasteiger partial charge >= 0.3 is 0 Å². The fourth-order valence-electron chi connectivity index (χ4n) is 2.46. The molecule has 0 saturated carbocycles. The summed E-state index contributed by atoms with van der Waals surface area (Å²) in [6, 6.07) is 18.1. The second-order valence-corrected chi connectivity index (χ2v) is 5.85. The second kappa shape index (κ2) is 7.07. The zero-order valence-electron chi connectivity index (χ0n) is 11.7. The minimum Gasteiger partial charge on any atom is -0.482 e. The summed E-state index contributed by atoms with van der Waals surface area (Å²) in [5.74, 6) is 0.834. The highest BCUT2D eigenvalue weighted by molar-refractivity contribution is 9.10. The van der Waals surface area contributed by atoms with Crippen molar-refractivity contribution in [1.29, 1.82) is 0 Å². The van der Waals surface area contributed by atoms with Crippen molar-refractivity contribution in [3.8, 4) is 5.75 Å². The first-order chi connectivity index (χ1) is 10.3. The summed E-state index contributed by atoms with van der Waals surface area (Å²) in [5.41, 5.74) is 1.13. The molecule has 2 aromatic carbocycles. The fourth-order valence-corrected chi connectivity index (χ4v) is 2.84. The summed E-state index contributed by atoms with van der Waals surface area (Å²) < 4.78 is 13.1. The predicted octanol–water partition coefficient (Wildman–Crippen LogP) is 3.56. The van der Waals surface area contributed by atoms with Gasteiger partial charge in [0.2, 0.25) is 0 Å². The summed E-state index contributed by atoms with van der Waals surface area (Å²) in [7, 11) is 0. The molecule has 3 nitrogen and oxygen atoms in total. The number of halogens is 1. The topological polar surface area (TPSA) is 30.5 Å². The number of ether oxygens (including phenoxy) is 2. The minimum absolute atomic E-state index is 0.00764. The van der Waals surface area contributed by atoms with Crippen molar-refractivity contribution in [2.24, 2.45) is 0 Å². The Labute approximate surface area is 133 Å². The standard InChI is InChI=1S/C17H18BrNO2/c18-14-8-4-5-9-15(14)21-17(13-6-2-1-3-7-13)16-12-19-10-11-20-16/h1-9,16-17,19H,10-12H2/t16-,17+/m1/s1/i18-4. The lowest BCUT2D eigenvalue weighted by Crippen LogP contribution is -2.43. The quantitative estimate of drug-likeness (QED) is 0.920. The van der Waals surface area contributed by atoms with E-state index in [1.165, 1.54) is 0 Å². The molecule has 21 heavy (non-hydrogen) atoms. The van der Waals surface area contributed by atoms with Gasteiger partial charge < -0.3 is 14.8 Å². The first kappa shape index (κ1) is 14.6. The maximum atomic E-state index is 6.26. The van der Waals surface area contributed by atoms with Gasteiger partial charge in [-0.25, -0.2) is 0 Å². The average Bonchev–Trinajstić information content (AvgIpc) is 2.56. The van der Waals surface area contributed by atoms with Crippen molar-refractivity contribution >= 4 is 15.9 Å². The van der Waals surface area contributed by atoms with E-state index in [1.54, 1.807) is 0 Å². The SMILES string of the molecule is [76Br]c1ccccc1O[C@@H](c1ccccc1)[C@H]1CNCCO1. The van der Waals surface area contributed by atoms with Crippen molar-refractivity contribution < 1.29 is 9.47 Å². The van der Waals surface area contributed by atoms with E-state index in [1.807, 2.05) is 42.5 Å². The van der Waals surface area contributed by atoms with Gasteiger partial charge in [-0.05, 0) is 33.6 Å². The van der Waals surface area contributed by atoms with Crippen LogP contribution < -0.4 is 10.1 Å². The molecule has 0 unspecified atom stereocenters. The van der Waals surface area contributed by atoms with Gasteiger partial charge in [-0.2, -0.15) is 0 Å². The maximum absolute atomic E-state index is 6.26. The van der Waals surface area contributed by atoms with Crippen LogP contribution in [-0.2, 0) is 4.74 Å². The van der Waals surface area contributed by atoms with E-state index in [4.69, 9.17) is 9.47 Å². The molecule has 2 aromatic rings. The highest BCUT2D eigenvalue weighted by Gasteiger charge is 2.28. The van der Waals surface area contributed by atoms with Gasteiger partial charge in [0.15, 0.2) is 6.10 Å². The van der Waals surface area contributed by atoms with Crippen LogP contribution in [0.1, 0.15) is 11.7 Å². The smallest absolute Gasteiger partial charge is 0.151 e. The normalized spacial score (nSPS) is 20.0. The Hall–Kier alpha value is -1.36. The van der Waals surface area contributed by atoms with Gasteiger partial charge in [0, 0.05) is 13.1 Å². The van der Waals surface area contributed by atoms with Gasteiger partial charge in [0.05, 0.1) is 11.1 Å². The van der Waals surface area contributed by atoms with Gasteiger partial charge in [-0.1, -0.05) is 42.5 Å². The van der Waals surface area contributed by atoms with E-state index in [-0.39, 0.29) is 12.2 Å². The molecule has 0 bridgehead atoms. The molecule has 1 heterocycles. The Kier molecular flexibility index (Phi) is 4.91. The lowest BCUT2D eigenvalue weighted by molar-refractivity contribution is -0.0434. The third-order valence-corrected chi connectivity index (χ3v) is 4.17. The molecular weight excluding hydrogens is 326 g/mol. The Morgan fingerprint density at radius 3 is 2.57 bits per heavy atom. The Morgan fingerprint density at radius 2 is 1.86 bits per heavy atom. The zero-order valence-corrected chi connectivity index (χ0v) is 13.3. The van der Waals surface area contributed by atoms with Crippen LogP contribution in [0.3, 0.4) is 0 Å². The average molecular weight is 344 g/mol. The predicted molar refractivity (Wildman–Crippen MR) is 86.6 cm³/mol. The highest BCUT2D eigenvalue weighted by atomic mass is 75.9. The van der Waals surface area contributed by atoms with Crippen LogP contribution in [0.5, 0.6) is 5.75 Å². The van der Waals surface area contributed by atoms with E-state index >= 15 is 0 Å². The summed E-state index contributed by atoms with van der Waals surface area (Å²) in [4.78, 5) is 0. The summed E-state index contributed by atoms with van der Waals surface area (Å²) in [6.45, 7) is 2.41. The Bertz CT molecular complexity index is 570. The molecule has 4 heteroatoms. The van der Waals surface area contributed by atoms with E-state index in [9.17, 15) is 0 Å². The lowest BCUT2D eigenvalue weighted by Gasteiger charge is -2.31. The number of hydrogen-bond acceptors (Lipinski definition) is 3. The van der Waals surface area contributed by atoms with Gasteiger partial charge in [0.1, 0.15) is 11.9 Å². The summed E-state index contributed by atoms with van der Waals surface area (Å²) >= 11 is 3.54. The first-order valence-corrected chi connectivity index (χ1v) is 7.92. The van der Waals surface area contributed by atoms with Crippen molar-refractivity contribution in [3.63, 3.8) is 0 Å². The van der Waals surface area contributed by atoms with E-state index in [0.717, 1.165) is 28.9 Å². The summed E-state index contributed by atoms with van der Waals surface area (Å²) in [5, 5.41) is 3.37. The van der Waals surface area contributed by atoms with Gasteiger partial charge in [-0.3, -0.25) is 0 Å². The molecule has 0 spiro atoms. The van der Waals surface area contributed by atoms with Crippen LogP contribution in [0.15, 0.2) is 59.1 Å². The van der Waals surface area contributed by atoms with E-state index in [2.05, 4.69) is 33.4 Å². The Balaban J connectivity index is 1.87. The number of rotatable bonds is 4. The zero-order chi connectivity index (χ0) is 14.5. The van der Waals surface area contributed by atoms with Crippen molar-refractivity contribution in [2.45, 2.75) is 12.2 Å². The number of para-hydroxylation sites is 1. The van der Waals surface area contributed by atoms with Crippen LogP contribution in [0.4, 0.5) is 0 Å². The number of hydrogen-bond donors (Lipinski definition) is 1. The van der Waals surface area contributed by atoms with E-state index < -0.39 is 0 Å². The second-order valence-electron chi connectivity index (χ2n) is 4.99. The number of nitrogens with one attached hydrogen (secondary N) is 1. The number of morpholine rings is 1. The van der Waals surface area contributed by atoms with Crippen LogP contribution in [-0.4, -0.2) is 25.8 Å². The summed E-state index contributed by atoms with van der Waals surface area (Å²) in [6.07, 6.45) is -0.119. The molecule has 110 valence electrons. The Morgan fingerprint density at radius 1 is 1.10 bits per heavy atom. The molecule has 1 fully saturated rings. The number of benzene rings is 2. The molecule has 0 radical (unpaired) electrons. The molecule has 1 saturated heterocycles. The minimum atomic E-state index is -0.127. The third kappa shape index (κ3) is 3.64. The van der Waals surface area contributed by atoms with Crippen molar-refractivity contribution in [2.75, 3.05) is 19.7 Å². The van der Waals surface area contributed by atoms with Crippen LogP contribution >= 0.6 is 15.9 Å². The van der Waals surface area contributed by atoms with Crippen molar-refractivity contribution in [3.05, 3.63) is 64.6 Å². The molecule has 0 aliphatic carbocycles. The van der Waals surface area contributed by atoms with Crippen LogP contribution in [0.2, 0.25) is 0 Å². The van der Waals surface area contributed by atoms with Crippen LogP contribution in [0.25, 0.3) is 0 Å². The molecule has 1 aliphatic rings. The maximum Gasteiger partial charge on any atom is 0.151 e.